The van der Waals surface area contributed by atoms with Crippen molar-refractivity contribution in [3.05, 3.63) is 53.4 Å². The molecule has 0 aliphatic heterocycles. The van der Waals surface area contributed by atoms with Crippen LogP contribution < -0.4 is 5.32 Å². The van der Waals surface area contributed by atoms with Crippen LogP contribution in [0.4, 0.5) is 5.69 Å². The van der Waals surface area contributed by atoms with Crippen molar-refractivity contribution in [3.8, 4) is 0 Å². The molecular weight excluding hydrogens is 270 g/mol. The maximum atomic E-state index is 11.6. The van der Waals surface area contributed by atoms with Crippen molar-refractivity contribution >= 4 is 35.0 Å². The van der Waals surface area contributed by atoms with Gasteiger partial charge in [-0.1, -0.05) is 17.7 Å². The van der Waals surface area contributed by atoms with Crippen LogP contribution in [0.3, 0.4) is 0 Å². The lowest BCUT2D eigenvalue weighted by atomic mass is 10.3. The molecule has 0 bridgehead atoms. The molecule has 0 radical (unpaired) electrons. The predicted octanol–water partition coefficient (Wildman–Crippen LogP) is 3.80. The maximum absolute atomic E-state index is 11.6. The highest BCUT2D eigenvalue weighted by atomic mass is 35.5. The van der Waals surface area contributed by atoms with E-state index in [0.29, 0.717) is 22.2 Å². The van der Waals surface area contributed by atoms with Gasteiger partial charge in [0.05, 0.1) is 17.8 Å². The molecule has 0 atom stereocenters. The fourth-order valence-electron chi connectivity index (χ4n) is 1.40. The minimum atomic E-state index is -0.0474. The van der Waals surface area contributed by atoms with E-state index in [2.05, 4.69) is 5.32 Å². The summed E-state index contributed by atoms with van der Waals surface area (Å²) in [5.41, 5.74) is 0.714. The molecule has 94 valence electrons. The van der Waals surface area contributed by atoms with E-state index in [1.54, 1.807) is 30.5 Å². The second-order valence-electron chi connectivity index (χ2n) is 3.63. The summed E-state index contributed by atoms with van der Waals surface area (Å²) in [6.45, 7) is 0. The molecule has 2 aromatic rings. The Balaban J connectivity index is 1.75. The van der Waals surface area contributed by atoms with Gasteiger partial charge in [0.25, 0.3) is 0 Å². The van der Waals surface area contributed by atoms with Crippen LogP contribution >= 0.6 is 23.4 Å². The number of hydrogen-bond donors (Lipinski definition) is 1. The Morgan fingerprint density at radius 2 is 2.22 bits per heavy atom. The molecule has 0 saturated carbocycles. The number of nitrogens with one attached hydrogen (secondary N) is 1. The van der Waals surface area contributed by atoms with Crippen LogP contribution in [0.15, 0.2) is 47.1 Å². The molecular formula is C13H12ClNO2S. The molecule has 1 amide bonds. The molecule has 1 N–H and O–H groups in total. The molecule has 1 aromatic carbocycles. The average molecular weight is 282 g/mol. The zero-order valence-electron chi connectivity index (χ0n) is 9.56. The van der Waals surface area contributed by atoms with Gasteiger partial charge < -0.3 is 9.73 Å². The smallest absolute Gasteiger partial charge is 0.234 e. The molecule has 1 aromatic heterocycles. The van der Waals surface area contributed by atoms with Gasteiger partial charge in [-0.3, -0.25) is 4.79 Å². The first-order valence-electron chi connectivity index (χ1n) is 5.39. The summed E-state index contributed by atoms with van der Waals surface area (Å²) < 4.78 is 5.18. The largest absolute Gasteiger partial charge is 0.468 e. The molecule has 0 spiro atoms. The molecule has 0 aliphatic rings. The number of furan rings is 1. The van der Waals surface area contributed by atoms with Gasteiger partial charge in [0, 0.05) is 10.7 Å². The average Bonchev–Trinajstić information content (AvgIpc) is 2.82. The first-order valence-corrected chi connectivity index (χ1v) is 6.93. The Labute approximate surface area is 115 Å². The summed E-state index contributed by atoms with van der Waals surface area (Å²) in [5, 5.41) is 3.40. The second-order valence-corrected chi connectivity index (χ2v) is 5.05. The van der Waals surface area contributed by atoms with Crippen molar-refractivity contribution in [2.75, 3.05) is 11.1 Å². The molecule has 0 unspecified atom stereocenters. The number of rotatable bonds is 5. The van der Waals surface area contributed by atoms with E-state index in [0.717, 1.165) is 5.76 Å². The van der Waals surface area contributed by atoms with Crippen LogP contribution in [0.25, 0.3) is 0 Å². The fraction of sp³-hybridized carbons (Fsp3) is 0.154. The maximum Gasteiger partial charge on any atom is 0.234 e. The fourth-order valence-corrected chi connectivity index (χ4v) is 2.32. The zero-order valence-corrected chi connectivity index (χ0v) is 11.1. The monoisotopic (exact) mass is 281 g/mol. The van der Waals surface area contributed by atoms with Crippen LogP contribution in [0, 0.1) is 0 Å². The minimum Gasteiger partial charge on any atom is -0.468 e. The number of anilines is 1. The Hall–Kier alpha value is -1.39. The van der Waals surface area contributed by atoms with Gasteiger partial charge in [-0.2, -0.15) is 0 Å². The number of carbonyl (C=O) groups excluding carboxylic acids is 1. The molecule has 3 nitrogen and oxygen atoms in total. The first-order chi connectivity index (χ1) is 8.74. The van der Waals surface area contributed by atoms with Crippen LogP contribution in [-0.4, -0.2) is 11.7 Å². The van der Waals surface area contributed by atoms with E-state index in [4.69, 9.17) is 16.0 Å². The first kappa shape index (κ1) is 13.1. The van der Waals surface area contributed by atoms with E-state index in [1.807, 2.05) is 12.1 Å². The normalized spacial score (nSPS) is 10.3. The standard InChI is InChI=1S/C13H12ClNO2S/c14-10-3-1-4-11(7-10)15-13(16)9-18-8-12-5-2-6-17-12/h1-7H,8-9H2,(H,15,16). The molecule has 18 heavy (non-hydrogen) atoms. The Kier molecular flexibility index (Phi) is 4.73. The van der Waals surface area contributed by atoms with Crippen LogP contribution in [0.1, 0.15) is 5.76 Å². The summed E-state index contributed by atoms with van der Waals surface area (Å²) in [7, 11) is 0. The van der Waals surface area contributed by atoms with E-state index in [-0.39, 0.29) is 5.91 Å². The third-order valence-corrected chi connectivity index (χ3v) is 3.36. The summed E-state index contributed by atoms with van der Waals surface area (Å²) in [6, 6.07) is 10.8. The van der Waals surface area contributed by atoms with E-state index in [1.165, 1.54) is 11.8 Å². The third-order valence-electron chi connectivity index (χ3n) is 2.17. The Bertz CT molecular complexity index is 513. The zero-order chi connectivity index (χ0) is 12.8. The number of amides is 1. The van der Waals surface area contributed by atoms with Crippen LogP contribution in [0.5, 0.6) is 0 Å². The van der Waals surface area contributed by atoms with Gasteiger partial charge in [0.1, 0.15) is 5.76 Å². The van der Waals surface area contributed by atoms with Gasteiger partial charge >= 0.3 is 0 Å². The number of carbonyl (C=O) groups is 1. The topological polar surface area (TPSA) is 42.2 Å². The van der Waals surface area contributed by atoms with Crippen LogP contribution in [-0.2, 0) is 10.5 Å². The highest BCUT2D eigenvalue weighted by Gasteiger charge is 2.04. The minimum absolute atomic E-state index is 0.0474. The lowest BCUT2D eigenvalue weighted by Crippen LogP contribution is -2.14. The lowest BCUT2D eigenvalue weighted by molar-refractivity contribution is -0.113. The number of halogens is 1. The second kappa shape index (κ2) is 6.52. The molecule has 0 aliphatic carbocycles. The van der Waals surface area contributed by atoms with Crippen LogP contribution in [0.2, 0.25) is 5.02 Å². The summed E-state index contributed by atoms with van der Waals surface area (Å²) in [5.74, 6) is 1.90. The Morgan fingerprint density at radius 1 is 1.33 bits per heavy atom. The molecule has 2 rings (SSSR count). The third kappa shape index (κ3) is 4.13. The van der Waals surface area contributed by atoms with Crippen molar-refractivity contribution in [2.24, 2.45) is 0 Å². The number of thioether (sulfide) groups is 1. The quantitative estimate of drug-likeness (QED) is 0.906. The Morgan fingerprint density at radius 3 is 2.94 bits per heavy atom. The van der Waals surface area contributed by atoms with Crippen molar-refractivity contribution in [2.45, 2.75) is 5.75 Å². The summed E-state index contributed by atoms with van der Waals surface area (Å²) in [6.07, 6.45) is 1.63. The van der Waals surface area contributed by atoms with Gasteiger partial charge in [-0.15, -0.1) is 11.8 Å². The van der Waals surface area contributed by atoms with Gasteiger partial charge in [-0.05, 0) is 30.3 Å². The van der Waals surface area contributed by atoms with Gasteiger partial charge in [0.15, 0.2) is 0 Å². The van der Waals surface area contributed by atoms with Gasteiger partial charge in [-0.25, -0.2) is 0 Å². The van der Waals surface area contributed by atoms with Crippen molar-refractivity contribution in [1.29, 1.82) is 0 Å². The SMILES string of the molecule is O=C(CSCc1ccco1)Nc1cccc(Cl)c1. The van der Waals surface area contributed by atoms with E-state index >= 15 is 0 Å². The summed E-state index contributed by atoms with van der Waals surface area (Å²) in [4.78, 5) is 11.6. The highest BCUT2D eigenvalue weighted by molar-refractivity contribution is 7.99. The van der Waals surface area contributed by atoms with E-state index < -0.39 is 0 Å². The lowest BCUT2D eigenvalue weighted by Gasteiger charge is -2.04. The van der Waals surface area contributed by atoms with Crippen molar-refractivity contribution in [3.63, 3.8) is 0 Å². The predicted molar refractivity (Wildman–Crippen MR) is 75.0 cm³/mol. The van der Waals surface area contributed by atoms with Crippen molar-refractivity contribution < 1.29 is 9.21 Å². The number of benzene rings is 1. The highest BCUT2D eigenvalue weighted by Crippen LogP contribution is 2.16. The van der Waals surface area contributed by atoms with Gasteiger partial charge in [0.2, 0.25) is 5.91 Å². The molecule has 1 heterocycles. The number of hydrogen-bond acceptors (Lipinski definition) is 3. The summed E-state index contributed by atoms with van der Waals surface area (Å²) >= 11 is 7.34. The molecule has 0 saturated heterocycles. The van der Waals surface area contributed by atoms with E-state index in [9.17, 15) is 4.79 Å². The van der Waals surface area contributed by atoms with Crippen molar-refractivity contribution in [1.82, 2.24) is 0 Å². The molecule has 0 fully saturated rings. The molecule has 5 heteroatoms.